The average Bonchev–Trinajstić information content (AvgIpc) is 2.41. The maximum atomic E-state index is 9.58. The summed E-state index contributed by atoms with van der Waals surface area (Å²) in [5.41, 5.74) is 2.55. The normalized spacial score (nSPS) is 8.82. The first-order valence-corrected chi connectivity index (χ1v) is 6.01. The van der Waals surface area contributed by atoms with Gasteiger partial charge in [-0.3, -0.25) is 4.79 Å². The Morgan fingerprint density at radius 2 is 1.18 bits per heavy atom. The maximum Gasteiger partial charge on any atom is 0.312 e. The van der Waals surface area contributed by atoms with E-state index in [4.69, 9.17) is 0 Å². The average molecular weight is 340 g/mol. The minimum atomic E-state index is -0.259. The van der Waals surface area contributed by atoms with Crippen molar-refractivity contribution in [1.29, 1.82) is 0 Å². The summed E-state index contributed by atoms with van der Waals surface area (Å²) >= 11 is 1.53. The second kappa shape index (κ2) is 7.84. The summed E-state index contributed by atoms with van der Waals surface area (Å²) in [5, 5.41) is 0. The lowest BCUT2D eigenvalue weighted by Crippen LogP contribution is -1.81. The molecule has 2 rings (SSSR count). The van der Waals surface area contributed by atoms with Crippen molar-refractivity contribution in [2.45, 2.75) is 6.92 Å². The van der Waals surface area contributed by atoms with Gasteiger partial charge in [0.1, 0.15) is 0 Å². The predicted octanol–water partition coefficient (Wildman–Crippen LogP) is 4.25. The summed E-state index contributed by atoms with van der Waals surface area (Å²) in [6.07, 6.45) is 0. The van der Waals surface area contributed by atoms with Crippen LogP contribution in [0, 0.1) is 0 Å². The molecule has 0 spiro atoms. The molecular formula is C14H13IO2. The first-order chi connectivity index (χ1) is 8.24. The summed E-state index contributed by atoms with van der Waals surface area (Å²) in [6.45, 7) is 1.35. The summed E-state index contributed by atoms with van der Waals surface area (Å²) in [4.78, 5) is 9.58. The number of hydrogen-bond donors (Lipinski definition) is 0. The number of carbonyl (C=O) groups excluding carboxylic acids is 1. The highest BCUT2D eigenvalue weighted by molar-refractivity contribution is 14.1. The minimum Gasteiger partial charge on any atom is -0.395 e. The molecule has 0 heterocycles. The van der Waals surface area contributed by atoms with Gasteiger partial charge in [-0.05, 0) is 11.1 Å². The van der Waals surface area contributed by atoms with Gasteiger partial charge in [0.25, 0.3) is 0 Å². The van der Waals surface area contributed by atoms with Crippen LogP contribution in [0.3, 0.4) is 0 Å². The fraction of sp³-hybridized carbons (Fsp3) is 0.0714. The van der Waals surface area contributed by atoms with E-state index in [0.717, 1.165) is 0 Å². The van der Waals surface area contributed by atoms with Crippen LogP contribution in [0.4, 0.5) is 0 Å². The van der Waals surface area contributed by atoms with Crippen molar-refractivity contribution in [1.82, 2.24) is 0 Å². The molecule has 3 heteroatoms. The monoisotopic (exact) mass is 340 g/mol. The molecule has 0 aromatic heterocycles. The maximum absolute atomic E-state index is 9.58. The van der Waals surface area contributed by atoms with Gasteiger partial charge in [-0.25, -0.2) is 0 Å². The largest absolute Gasteiger partial charge is 0.395 e. The number of carbonyl (C=O) groups is 1. The van der Waals surface area contributed by atoms with E-state index < -0.39 is 0 Å². The molecule has 0 saturated carbocycles. The van der Waals surface area contributed by atoms with Crippen molar-refractivity contribution in [3.8, 4) is 11.1 Å². The quantitative estimate of drug-likeness (QED) is 0.726. The number of benzene rings is 2. The molecule has 0 amide bonds. The van der Waals surface area contributed by atoms with Gasteiger partial charge in [-0.2, -0.15) is 0 Å². The van der Waals surface area contributed by atoms with Crippen LogP contribution in [0.25, 0.3) is 11.1 Å². The highest BCUT2D eigenvalue weighted by Gasteiger charge is 1.91. The third-order valence-electron chi connectivity index (χ3n) is 1.99. The zero-order valence-corrected chi connectivity index (χ0v) is 11.6. The summed E-state index contributed by atoms with van der Waals surface area (Å²) in [6, 6.07) is 20.8. The topological polar surface area (TPSA) is 26.3 Å². The van der Waals surface area contributed by atoms with E-state index in [-0.39, 0.29) is 5.97 Å². The van der Waals surface area contributed by atoms with Crippen LogP contribution in [-0.2, 0) is 7.86 Å². The highest BCUT2D eigenvalue weighted by Crippen LogP contribution is 2.17. The Hall–Kier alpha value is -1.36. The molecule has 2 aromatic rings. The molecule has 17 heavy (non-hydrogen) atoms. The molecule has 0 aliphatic rings. The molecule has 0 aliphatic carbocycles. The van der Waals surface area contributed by atoms with Gasteiger partial charge in [0, 0.05) is 6.92 Å². The molecule has 0 radical (unpaired) electrons. The van der Waals surface area contributed by atoms with Gasteiger partial charge >= 0.3 is 5.97 Å². The predicted molar refractivity (Wildman–Crippen MR) is 77.7 cm³/mol. The lowest BCUT2D eigenvalue weighted by Gasteiger charge is -1.98. The molecule has 0 bridgehead atoms. The van der Waals surface area contributed by atoms with Crippen molar-refractivity contribution >= 4 is 29.0 Å². The lowest BCUT2D eigenvalue weighted by molar-refractivity contribution is -0.128. The smallest absolute Gasteiger partial charge is 0.312 e. The van der Waals surface area contributed by atoms with Crippen LogP contribution in [-0.4, -0.2) is 5.97 Å². The second-order valence-electron chi connectivity index (χ2n) is 3.30. The molecule has 88 valence electrons. The van der Waals surface area contributed by atoms with E-state index in [1.807, 2.05) is 12.1 Å². The van der Waals surface area contributed by atoms with Crippen LogP contribution < -0.4 is 0 Å². The standard InChI is InChI=1S/C12H10.C2H3IO2/c1-3-7-11(8-4-1)12-9-5-2-6-10-12;1-2(4)5-3/h1-10H;1H3. The zero-order chi connectivity index (χ0) is 12.5. The molecular weight excluding hydrogens is 327 g/mol. The summed E-state index contributed by atoms with van der Waals surface area (Å²) in [7, 11) is 0. The van der Waals surface area contributed by atoms with Crippen molar-refractivity contribution in [3.05, 3.63) is 60.7 Å². The van der Waals surface area contributed by atoms with E-state index in [9.17, 15) is 4.79 Å². The van der Waals surface area contributed by atoms with Crippen LogP contribution in [0.15, 0.2) is 60.7 Å². The fourth-order valence-electron chi connectivity index (χ4n) is 1.26. The SMILES string of the molecule is CC(=O)OI.c1ccc(-c2ccccc2)cc1. The van der Waals surface area contributed by atoms with Gasteiger partial charge in [-0.15, -0.1) is 0 Å². The lowest BCUT2D eigenvalue weighted by atomic mass is 10.1. The first kappa shape index (κ1) is 13.7. The molecule has 0 unspecified atom stereocenters. The number of hydrogen-bond acceptors (Lipinski definition) is 2. The molecule has 0 aliphatic heterocycles. The Kier molecular flexibility index (Phi) is 6.32. The van der Waals surface area contributed by atoms with Gasteiger partial charge < -0.3 is 3.07 Å². The molecule has 0 saturated heterocycles. The molecule has 0 atom stereocenters. The highest BCUT2D eigenvalue weighted by atomic mass is 127. The summed E-state index contributed by atoms with van der Waals surface area (Å²) in [5.74, 6) is -0.259. The molecule has 2 aromatic carbocycles. The Balaban J connectivity index is 0.000000249. The van der Waals surface area contributed by atoms with Crippen molar-refractivity contribution in [2.24, 2.45) is 0 Å². The molecule has 0 N–H and O–H groups in total. The first-order valence-electron chi connectivity index (χ1n) is 5.13. The van der Waals surface area contributed by atoms with Gasteiger partial charge in [0.2, 0.25) is 0 Å². The third kappa shape index (κ3) is 5.49. The van der Waals surface area contributed by atoms with Gasteiger partial charge in [-0.1, -0.05) is 60.7 Å². The fourth-order valence-corrected chi connectivity index (χ4v) is 1.26. The van der Waals surface area contributed by atoms with Crippen molar-refractivity contribution in [3.63, 3.8) is 0 Å². The van der Waals surface area contributed by atoms with Gasteiger partial charge in [0.05, 0.1) is 0 Å². The van der Waals surface area contributed by atoms with Crippen LogP contribution in [0.1, 0.15) is 6.92 Å². The summed E-state index contributed by atoms with van der Waals surface area (Å²) < 4.78 is 4.08. The van der Waals surface area contributed by atoms with E-state index in [2.05, 4.69) is 51.6 Å². The van der Waals surface area contributed by atoms with Crippen LogP contribution in [0.2, 0.25) is 0 Å². The minimum absolute atomic E-state index is 0.259. The second-order valence-corrected chi connectivity index (χ2v) is 3.74. The Morgan fingerprint density at radius 1 is 0.882 bits per heavy atom. The van der Waals surface area contributed by atoms with Crippen LogP contribution in [0.5, 0.6) is 0 Å². The number of rotatable bonds is 1. The van der Waals surface area contributed by atoms with Crippen LogP contribution >= 0.6 is 23.0 Å². The zero-order valence-electron chi connectivity index (χ0n) is 9.47. The van der Waals surface area contributed by atoms with E-state index >= 15 is 0 Å². The van der Waals surface area contributed by atoms with Gasteiger partial charge in [0.15, 0.2) is 23.0 Å². The van der Waals surface area contributed by atoms with Crippen molar-refractivity contribution < 1.29 is 7.86 Å². The third-order valence-corrected chi connectivity index (χ3v) is 2.61. The molecule has 0 fully saturated rings. The van der Waals surface area contributed by atoms with Crippen molar-refractivity contribution in [2.75, 3.05) is 0 Å². The van der Waals surface area contributed by atoms with E-state index in [0.29, 0.717) is 0 Å². The Bertz CT molecular complexity index is 403. The number of halogens is 1. The Labute approximate surface area is 115 Å². The molecule has 2 nitrogen and oxygen atoms in total. The Morgan fingerprint density at radius 3 is 1.41 bits per heavy atom. The van der Waals surface area contributed by atoms with E-state index in [1.165, 1.54) is 41.1 Å². The van der Waals surface area contributed by atoms with E-state index in [1.54, 1.807) is 0 Å².